The molecule has 0 radical (unpaired) electrons. The maximum absolute atomic E-state index is 10.3. The summed E-state index contributed by atoms with van der Waals surface area (Å²) in [6, 6.07) is 39.8. The van der Waals surface area contributed by atoms with Crippen molar-refractivity contribution < 1.29 is 0 Å². The molecule has 2 aromatic heterocycles. The van der Waals surface area contributed by atoms with Crippen LogP contribution >= 0.6 is 53.4 Å². The fraction of sp³-hybridized carbons (Fsp3) is 0. The predicted octanol–water partition coefficient (Wildman–Crippen LogP) is 9.83. The zero-order valence-corrected chi connectivity index (χ0v) is 27.7. The quantitative estimate of drug-likeness (QED) is 0.158. The number of rotatable bonds is 7. The minimum absolute atomic E-state index is 0.350. The minimum atomic E-state index is 0.350. The second-order valence-corrected chi connectivity index (χ2v) is 13.6. The lowest BCUT2D eigenvalue weighted by Gasteiger charge is -2.15. The number of nitrogens with two attached hydrogens (primary N) is 2. The van der Waals surface area contributed by atoms with Crippen LogP contribution in [0, 0.1) is 22.7 Å². The van der Waals surface area contributed by atoms with Gasteiger partial charge >= 0.3 is 0 Å². The van der Waals surface area contributed by atoms with Gasteiger partial charge in [-0.1, -0.05) is 92.5 Å². The summed E-state index contributed by atoms with van der Waals surface area (Å²) in [6.07, 6.45) is 0. The van der Waals surface area contributed by atoms with Gasteiger partial charge in [0.2, 0.25) is 0 Å². The van der Waals surface area contributed by atoms with Crippen LogP contribution in [0.1, 0.15) is 11.1 Å². The summed E-state index contributed by atoms with van der Waals surface area (Å²) in [4.78, 5) is 0. The zero-order chi connectivity index (χ0) is 30.8. The molecule has 0 saturated carbocycles. The van der Waals surface area contributed by atoms with E-state index in [-0.39, 0.29) is 0 Å². The average Bonchev–Trinajstić information content (AvgIpc) is 3.50. The van der Waals surface area contributed by atoms with E-state index < -0.39 is 0 Å². The van der Waals surface area contributed by atoms with E-state index in [0.717, 1.165) is 52.6 Å². The smallest absolute Gasteiger partial charge is 0.127 e. The SMILES string of the molecule is N#Cc1c(-c2ccc(Br)cc2)c(SSc2c(-c3ccc(Br)cc3)c(C#N)c(N)n2-c2ccccc2)n(-c2ccccc2)c1N. The highest BCUT2D eigenvalue weighted by Crippen LogP contribution is 2.52. The first-order valence-corrected chi connectivity index (χ1v) is 17.0. The molecule has 0 spiro atoms. The molecular weight excluding hydrogens is 716 g/mol. The summed E-state index contributed by atoms with van der Waals surface area (Å²) in [6.45, 7) is 0. The molecule has 10 heteroatoms. The lowest BCUT2D eigenvalue weighted by molar-refractivity contribution is 0.969. The van der Waals surface area contributed by atoms with Crippen LogP contribution in [0.15, 0.2) is 128 Å². The van der Waals surface area contributed by atoms with Crippen LogP contribution < -0.4 is 11.5 Å². The van der Waals surface area contributed by atoms with Gasteiger partial charge in [-0.2, -0.15) is 10.5 Å². The van der Waals surface area contributed by atoms with Crippen molar-refractivity contribution in [2.75, 3.05) is 11.5 Å². The summed E-state index contributed by atoms with van der Waals surface area (Å²) < 4.78 is 5.69. The summed E-state index contributed by atoms with van der Waals surface area (Å²) in [5, 5.41) is 22.2. The summed E-state index contributed by atoms with van der Waals surface area (Å²) in [5.41, 5.74) is 19.1. The van der Waals surface area contributed by atoms with Crippen LogP contribution in [0.25, 0.3) is 33.6 Å². The second-order valence-electron chi connectivity index (χ2n) is 9.63. The van der Waals surface area contributed by atoms with Gasteiger partial charge in [-0.05, 0) is 81.2 Å². The van der Waals surface area contributed by atoms with Gasteiger partial charge < -0.3 is 11.5 Å². The van der Waals surface area contributed by atoms with Crippen LogP contribution in [0.3, 0.4) is 0 Å². The van der Waals surface area contributed by atoms with Crippen molar-refractivity contribution in [2.24, 2.45) is 0 Å². The number of aromatic nitrogens is 2. The summed E-state index contributed by atoms with van der Waals surface area (Å²) in [7, 11) is 2.93. The van der Waals surface area contributed by atoms with Crippen LogP contribution in [-0.2, 0) is 0 Å². The third-order valence-corrected chi connectivity index (χ3v) is 10.5. The van der Waals surface area contributed by atoms with Crippen LogP contribution in [-0.4, -0.2) is 9.13 Å². The van der Waals surface area contributed by atoms with E-state index in [2.05, 4.69) is 44.0 Å². The lowest BCUT2D eigenvalue weighted by Crippen LogP contribution is -2.02. The molecule has 0 aliphatic rings. The van der Waals surface area contributed by atoms with Gasteiger partial charge in [-0.25, -0.2) is 0 Å². The van der Waals surface area contributed by atoms with Gasteiger partial charge in [-0.15, -0.1) is 0 Å². The van der Waals surface area contributed by atoms with Crippen LogP contribution in [0.4, 0.5) is 11.6 Å². The molecule has 0 atom stereocenters. The first kappa shape index (κ1) is 29.7. The number of para-hydroxylation sites is 2. The lowest BCUT2D eigenvalue weighted by atomic mass is 10.1. The molecule has 2 heterocycles. The highest BCUT2D eigenvalue weighted by atomic mass is 79.9. The molecule has 0 aliphatic carbocycles. The standard InChI is InChI=1S/C34H22Br2N6S2/c35-23-15-11-21(12-16-23)29-27(19-37)31(39)41(25-7-3-1-4-8-25)33(29)43-44-34-30(22-13-17-24(36)18-14-22)28(20-38)32(40)42(34)26-9-5-2-6-10-26/h1-18H,39-40H2. The van der Waals surface area contributed by atoms with Gasteiger partial charge in [0.1, 0.15) is 45.0 Å². The Labute approximate surface area is 279 Å². The van der Waals surface area contributed by atoms with E-state index in [1.165, 1.54) is 21.6 Å². The molecule has 0 aliphatic heterocycles. The van der Waals surface area contributed by atoms with E-state index in [9.17, 15) is 10.5 Å². The number of nitrogen functional groups attached to an aromatic ring is 2. The van der Waals surface area contributed by atoms with E-state index in [1.807, 2.05) is 118 Å². The summed E-state index contributed by atoms with van der Waals surface area (Å²) >= 11 is 7.04. The number of benzene rings is 4. The van der Waals surface area contributed by atoms with Gasteiger partial charge in [0.25, 0.3) is 0 Å². The van der Waals surface area contributed by atoms with Crippen molar-refractivity contribution in [2.45, 2.75) is 10.1 Å². The van der Waals surface area contributed by atoms with Gasteiger partial charge in [0, 0.05) is 31.4 Å². The molecule has 0 fully saturated rings. The van der Waals surface area contributed by atoms with E-state index in [0.29, 0.717) is 22.8 Å². The van der Waals surface area contributed by atoms with Crippen molar-refractivity contribution in [3.05, 3.63) is 129 Å². The van der Waals surface area contributed by atoms with E-state index >= 15 is 0 Å². The molecule has 0 bridgehead atoms. The molecule has 6 rings (SSSR count). The van der Waals surface area contributed by atoms with Gasteiger partial charge in [-0.3, -0.25) is 9.13 Å². The molecule has 214 valence electrons. The Kier molecular flexibility index (Phi) is 8.60. The Morgan fingerprint density at radius 1 is 0.523 bits per heavy atom. The third-order valence-electron chi connectivity index (χ3n) is 7.05. The molecule has 44 heavy (non-hydrogen) atoms. The van der Waals surface area contributed by atoms with Crippen molar-refractivity contribution in [1.29, 1.82) is 10.5 Å². The number of hydrogen-bond acceptors (Lipinski definition) is 6. The van der Waals surface area contributed by atoms with Gasteiger partial charge in [0.15, 0.2) is 0 Å². The number of hydrogen-bond donors (Lipinski definition) is 2. The second kappa shape index (κ2) is 12.7. The highest BCUT2D eigenvalue weighted by molar-refractivity contribution is 9.10. The normalized spacial score (nSPS) is 10.8. The molecule has 6 nitrogen and oxygen atoms in total. The summed E-state index contributed by atoms with van der Waals surface area (Å²) in [5.74, 6) is 0.701. The Morgan fingerprint density at radius 3 is 1.18 bits per heavy atom. The third kappa shape index (κ3) is 5.42. The molecule has 0 saturated heterocycles. The van der Waals surface area contributed by atoms with Crippen LogP contribution in [0.2, 0.25) is 0 Å². The maximum Gasteiger partial charge on any atom is 0.127 e. The maximum atomic E-state index is 10.3. The van der Waals surface area contributed by atoms with Crippen LogP contribution in [0.5, 0.6) is 0 Å². The molecule has 0 amide bonds. The molecular formula is C34H22Br2N6S2. The number of nitrogens with zero attached hydrogens (tertiary/aromatic N) is 4. The Morgan fingerprint density at radius 2 is 0.864 bits per heavy atom. The van der Waals surface area contributed by atoms with Gasteiger partial charge in [0.05, 0.1) is 0 Å². The fourth-order valence-corrected chi connectivity index (χ4v) is 8.31. The zero-order valence-electron chi connectivity index (χ0n) is 22.9. The largest absolute Gasteiger partial charge is 0.384 e. The first-order chi connectivity index (χ1) is 21.4. The average molecular weight is 739 g/mol. The van der Waals surface area contributed by atoms with Crippen molar-refractivity contribution in [3.8, 4) is 45.8 Å². The number of anilines is 2. The fourth-order valence-electron chi connectivity index (χ4n) is 5.03. The number of halogens is 2. The molecule has 4 N–H and O–H groups in total. The predicted molar refractivity (Wildman–Crippen MR) is 188 cm³/mol. The highest BCUT2D eigenvalue weighted by Gasteiger charge is 2.28. The Hall–Kier alpha value is -4.32. The van der Waals surface area contributed by atoms with Crippen molar-refractivity contribution in [3.63, 3.8) is 0 Å². The monoisotopic (exact) mass is 736 g/mol. The molecule has 6 aromatic rings. The minimum Gasteiger partial charge on any atom is -0.384 e. The van der Waals surface area contributed by atoms with Crippen molar-refractivity contribution in [1.82, 2.24) is 9.13 Å². The topological polar surface area (TPSA) is 109 Å². The van der Waals surface area contributed by atoms with E-state index in [4.69, 9.17) is 11.5 Å². The molecule has 4 aromatic carbocycles. The molecule has 0 unspecified atom stereocenters. The Balaban J connectivity index is 1.60. The van der Waals surface area contributed by atoms with Crippen molar-refractivity contribution >= 4 is 65.1 Å². The number of nitriles is 2. The first-order valence-electron chi connectivity index (χ1n) is 13.3. The van der Waals surface area contributed by atoms with E-state index in [1.54, 1.807) is 0 Å². The Bertz CT molecular complexity index is 1910.